The van der Waals surface area contributed by atoms with Gasteiger partial charge in [0.05, 0.1) is 0 Å². The Morgan fingerprint density at radius 1 is 1.36 bits per heavy atom. The highest BCUT2D eigenvalue weighted by Gasteiger charge is 1.94. The van der Waals surface area contributed by atoms with E-state index in [1.807, 2.05) is 12.1 Å². The lowest BCUT2D eigenvalue weighted by Crippen LogP contribution is -2.02. The number of hydrogen-bond donors (Lipinski definition) is 2. The van der Waals surface area contributed by atoms with Gasteiger partial charge in [-0.25, -0.2) is 0 Å². The third-order valence-electron chi connectivity index (χ3n) is 1.73. The molecule has 0 aliphatic rings. The van der Waals surface area contributed by atoms with Crippen molar-refractivity contribution in [2.75, 3.05) is 17.7 Å². The van der Waals surface area contributed by atoms with Crippen LogP contribution in [0.1, 0.15) is 6.42 Å². The fraction of sp³-hybridized carbons (Fsp3) is 0.333. The van der Waals surface area contributed by atoms with Gasteiger partial charge in [0.2, 0.25) is 0 Å². The molecule has 0 unspecified atom stereocenters. The van der Waals surface area contributed by atoms with Crippen molar-refractivity contribution >= 4 is 25.0 Å². The Labute approximate surface area is 89.3 Å². The number of benzene rings is 1. The van der Waals surface area contributed by atoms with E-state index >= 15 is 0 Å². The number of alkyl halides is 1. The molecule has 1 aromatic rings. The summed E-state index contributed by atoms with van der Waals surface area (Å²) in [6, 6.07) is 7.41. The number of anilines is 1. The van der Waals surface area contributed by atoms with Gasteiger partial charge in [0.1, 0.15) is 5.75 Å². The molecule has 5 heteroatoms. The van der Waals surface area contributed by atoms with Crippen molar-refractivity contribution in [2.45, 2.75) is 6.42 Å². The zero-order chi connectivity index (χ0) is 10.2. The molecular weight excluding hydrogens is 200 g/mol. The second-order valence-electron chi connectivity index (χ2n) is 2.77. The van der Waals surface area contributed by atoms with Crippen LogP contribution in [-0.2, 0) is 0 Å². The van der Waals surface area contributed by atoms with Gasteiger partial charge in [-0.1, -0.05) is 0 Å². The summed E-state index contributed by atoms with van der Waals surface area (Å²) in [6.45, 7) is 0.865. The van der Waals surface area contributed by atoms with Gasteiger partial charge >= 0.3 is 7.69 Å². The number of halogens is 1. The van der Waals surface area contributed by atoms with E-state index in [0.717, 1.165) is 18.7 Å². The van der Waals surface area contributed by atoms with Gasteiger partial charge in [0.15, 0.2) is 0 Å². The molecule has 76 valence electrons. The summed E-state index contributed by atoms with van der Waals surface area (Å²) < 4.78 is 4.89. The maximum atomic E-state index is 8.51. The molecule has 0 amide bonds. The Kier molecular flexibility index (Phi) is 5.26. The highest BCUT2D eigenvalue weighted by atomic mass is 35.5. The Bertz CT molecular complexity index is 255. The second-order valence-corrected chi connectivity index (χ2v) is 3.15. The zero-order valence-corrected chi connectivity index (χ0v) is 8.63. The molecule has 0 saturated carbocycles. The van der Waals surface area contributed by atoms with Gasteiger partial charge in [0.25, 0.3) is 0 Å². The standard InChI is InChI=1S/C9H13BClNO2/c11-6-1-7-12-8-2-4-9(5-3-8)14-10-13/h2-5,10,12-13H,1,6-7H2. The lowest BCUT2D eigenvalue weighted by molar-refractivity contribution is 0.454. The fourth-order valence-corrected chi connectivity index (χ4v) is 1.18. The summed E-state index contributed by atoms with van der Waals surface area (Å²) >= 11 is 5.55. The van der Waals surface area contributed by atoms with Crippen LogP contribution in [-0.4, -0.2) is 25.1 Å². The summed E-state index contributed by atoms with van der Waals surface area (Å²) in [7, 11) is -0.293. The van der Waals surface area contributed by atoms with Crippen molar-refractivity contribution in [3.05, 3.63) is 24.3 Å². The zero-order valence-electron chi connectivity index (χ0n) is 7.87. The molecule has 3 nitrogen and oxygen atoms in total. The first-order valence-corrected chi connectivity index (χ1v) is 5.04. The molecule has 0 aliphatic heterocycles. The van der Waals surface area contributed by atoms with Crippen molar-refractivity contribution in [1.29, 1.82) is 0 Å². The Balaban J connectivity index is 2.38. The third-order valence-corrected chi connectivity index (χ3v) is 1.99. The maximum absolute atomic E-state index is 8.51. The van der Waals surface area contributed by atoms with Crippen LogP contribution in [0.25, 0.3) is 0 Å². The molecule has 0 aliphatic carbocycles. The Morgan fingerprint density at radius 2 is 2.07 bits per heavy atom. The smallest absolute Gasteiger partial charge is 0.504 e. The summed E-state index contributed by atoms with van der Waals surface area (Å²) in [6.07, 6.45) is 0.941. The van der Waals surface area contributed by atoms with Crippen LogP contribution in [0.4, 0.5) is 5.69 Å². The van der Waals surface area contributed by atoms with Crippen LogP contribution in [0, 0.1) is 0 Å². The quantitative estimate of drug-likeness (QED) is 0.426. The molecule has 0 saturated heterocycles. The maximum Gasteiger partial charge on any atom is 0.504 e. The summed E-state index contributed by atoms with van der Waals surface area (Å²) in [5.74, 6) is 1.33. The molecule has 0 fully saturated rings. The Morgan fingerprint density at radius 3 is 2.64 bits per heavy atom. The molecule has 2 N–H and O–H groups in total. The fourth-order valence-electron chi connectivity index (χ4n) is 1.04. The molecule has 0 spiro atoms. The van der Waals surface area contributed by atoms with Crippen LogP contribution in [0.15, 0.2) is 24.3 Å². The lowest BCUT2D eigenvalue weighted by atomic mass is 10.3. The summed E-state index contributed by atoms with van der Waals surface area (Å²) in [5.41, 5.74) is 1.03. The topological polar surface area (TPSA) is 41.5 Å². The molecule has 0 aromatic heterocycles. The molecule has 0 radical (unpaired) electrons. The largest absolute Gasteiger partial charge is 0.539 e. The molecule has 0 atom stereocenters. The number of hydrogen-bond acceptors (Lipinski definition) is 3. The minimum absolute atomic E-state index is 0.293. The van der Waals surface area contributed by atoms with E-state index < -0.39 is 0 Å². The molecule has 0 heterocycles. The van der Waals surface area contributed by atoms with Gasteiger partial charge in [0, 0.05) is 18.1 Å². The van der Waals surface area contributed by atoms with E-state index in [0.29, 0.717) is 11.6 Å². The average molecular weight is 213 g/mol. The number of rotatable bonds is 6. The summed E-state index contributed by atoms with van der Waals surface area (Å²) in [4.78, 5) is 0. The van der Waals surface area contributed by atoms with E-state index in [9.17, 15) is 0 Å². The van der Waals surface area contributed by atoms with Gasteiger partial charge in [-0.15, -0.1) is 11.6 Å². The van der Waals surface area contributed by atoms with Crippen LogP contribution in [0.3, 0.4) is 0 Å². The van der Waals surface area contributed by atoms with Gasteiger partial charge in [-0.05, 0) is 30.7 Å². The third kappa shape index (κ3) is 3.90. The van der Waals surface area contributed by atoms with Crippen molar-refractivity contribution in [3.63, 3.8) is 0 Å². The number of nitrogens with one attached hydrogen (secondary N) is 1. The lowest BCUT2D eigenvalue weighted by Gasteiger charge is -2.06. The summed E-state index contributed by atoms with van der Waals surface area (Å²) in [5, 5.41) is 11.7. The van der Waals surface area contributed by atoms with E-state index in [2.05, 4.69) is 5.32 Å². The first-order chi connectivity index (χ1) is 6.86. The van der Waals surface area contributed by atoms with E-state index in [4.69, 9.17) is 21.3 Å². The normalized spacial score (nSPS) is 9.57. The van der Waals surface area contributed by atoms with Crippen molar-refractivity contribution < 1.29 is 9.68 Å². The second kappa shape index (κ2) is 6.57. The minimum Gasteiger partial charge on any atom is -0.539 e. The van der Waals surface area contributed by atoms with Gasteiger partial charge < -0.3 is 15.0 Å². The highest BCUT2D eigenvalue weighted by molar-refractivity contribution is 6.17. The highest BCUT2D eigenvalue weighted by Crippen LogP contribution is 2.14. The van der Waals surface area contributed by atoms with Crippen molar-refractivity contribution in [1.82, 2.24) is 0 Å². The predicted octanol–water partition coefficient (Wildman–Crippen LogP) is 1.36. The van der Waals surface area contributed by atoms with Crippen LogP contribution >= 0.6 is 11.6 Å². The van der Waals surface area contributed by atoms with Crippen molar-refractivity contribution in [3.8, 4) is 5.75 Å². The SMILES string of the molecule is OBOc1ccc(NCCCCl)cc1. The van der Waals surface area contributed by atoms with Crippen LogP contribution in [0.5, 0.6) is 5.75 Å². The van der Waals surface area contributed by atoms with E-state index in [-0.39, 0.29) is 7.69 Å². The van der Waals surface area contributed by atoms with Crippen molar-refractivity contribution in [2.24, 2.45) is 0 Å². The molecule has 0 bridgehead atoms. The van der Waals surface area contributed by atoms with Gasteiger partial charge in [-0.3, -0.25) is 0 Å². The minimum atomic E-state index is -0.293. The molecular formula is C9H13BClNO2. The molecule has 14 heavy (non-hydrogen) atoms. The van der Waals surface area contributed by atoms with Crippen LogP contribution in [0.2, 0.25) is 0 Å². The Hall–Kier alpha value is -0.865. The first kappa shape index (κ1) is 11.2. The van der Waals surface area contributed by atoms with E-state index in [1.54, 1.807) is 12.1 Å². The monoisotopic (exact) mass is 213 g/mol. The predicted molar refractivity (Wildman–Crippen MR) is 60.3 cm³/mol. The van der Waals surface area contributed by atoms with Crippen LogP contribution < -0.4 is 9.97 Å². The first-order valence-electron chi connectivity index (χ1n) is 4.50. The molecule has 1 aromatic carbocycles. The van der Waals surface area contributed by atoms with Gasteiger partial charge in [-0.2, -0.15) is 0 Å². The van der Waals surface area contributed by atoms with E-state index in [1.165, 1.54) is 0 Å². The average Bonchev–Trinajstić information content (AvgIpc) is 2.21. The molecule has 1 rings (SSSR count).